The largest absolute Gasteiger partial charge is 0.494 e. The van der Waals surface area contributed by atoms with Gasteiger partial charge in [-0.3, -0.25) is 4.90 Å². The van der Waals surface area contributed by atoms with Crippen molar-refractivity contribution >= 4 is 0 Å². The predicted molar refractivity (Wildman–Crippen MR) is 79.3 cm³/mol. The van der Waals surface area contributed by atoms with Crippen LogP contribution in [-0.2, 0) is 0 Å². The topological polar surface area (TPSA) is 38.5 Å². The summed E-state index contributed by atoms with van der Waals surface area (Å²) >= 11 is 0. The average Bonchev–Trinajstić information content (AvgIpc) is 2.48. The summed E-state index contributed by atoms with van der Waals surface area (Å²) in [5.41, 5.74) is 5.78. The van der Waals surface area contributed by atoms with Gasteiger partial charge in [0.15, 0.2) is 0 Å². The molecule has 3 nitrogen and oxygen atoms in total. The maximum atomic E-state index is 5.78. The molecule has 0 saturated heterocycles. The molecule has 0 amide bonds. The Bertz CT molecular complexity index is 378. The van der Waals surface area contributed by atoms with E-state index >= 15 is 0 Å². The van der Waals surface area contributed by atoms with Gasteiger partial charge in [-0.15, -0.1) is 0 Å². The minimum atomic E-state index is 0.434. The Kier molecular flexibility index (Phi) is 5.92. The lowest BCUT2D eigenvalue weighted by Crippen LogP contribution is -2.42. The number of unbranched alkanes of at least 4 members (excludes halogenated alkanes) is 1. The first kappa shape index (κ1) is 14.1. The van der Waals surface area contributed by atoms with Crippen LogP contribution in [0.4, 0.5) is 0 Å². The summed E-state index contributed by atoms with van der Waals surface area (Å²) in [6.45, 7) is 3.76. The van der Waals surface area contributed by atoms with Crippen LogP contribution in [0.1, 0.15) is 19.3 Å². The summed E-state index contributed by atoms with van der Waals surface area (Å²) in [7, 11) is 0. The SMILES string of the molecule is NCC1C=CCCN1CCCCOc1ccccc1. The zero-order valence-corrected chi connectivity index (χ0v) is 11.5. The van der Waals surface area contributed by atoms with Gasteiger partial charge in [0.2, 0.25) is 0 Å². The second-order valence-electron chi connectivity index (χ2n) is 4.92. The van der Waals surface area contributed by atoms with Crippen molar-refractivity contribution in [2.45, 2.75) is 25.3 Å². The van der Waals surface area contributed by atoms with E-state index in [1.165, 1.54) is 0 Å². The van der Waals surface area contributed by atoms with Crippen LogP contribution in [-0.4, -0.2) is 37.2 Å². The third-order valence-electron chi connectivity index (χ3n) is 3.50. The van der Waals surface area contributed by atoms with Gasteiger partial charge in [0.1, 0.15) is 5.75 Å². The summed E-state index contributed by atoms with van der Waals surface area (Å²) in [6, 6.07) is 10.4. The molecule has 104 valence electrons. The van der Waals surface area contributed by atoms with Gasteiger partial charge < -0.3 is 10.5 Å². The molecule has 1 unspecified atom stereocenters. The fourth-order valence-corrected chi connectivity index (χ4v) is 2.41. The van der Waals surface area contributed by atoms with Crippen LogP contribution in [0.5, 0.6) is 5.75 Å². The Hall–Kier alpha value is -1.32. The standard InChI is InChI=1S/C16H24N2O/c17-14-15-8-4-5-11-18(15)12-6-7-13-19-16-9-2-1-3-10-16/h1-4,8-10,15H,5-7,11-14,17H2. The highest BCUT2D eigenvalue weighted by Crippen LogP contribution is 2.11. The maximum Gasteiger partial charge on any atom is 0.119 e. The highest BCUT2D eigenvalue weighted by Gasteiger charge is 2.15. The van der Waals surface area contributed by atoms with E-state index < -0.39 is 0 Å². The fraction of sp³-hybridized carbons (Fsp3) is 0.500. The smallest absolute Gasteiger partial charge is 0.119 e. The molecule has 3 heteroatoms. The first-order chi connectivity index (χ1) is 9.40. The van der Waals surface area contributed by atoms with Crippen molar-refractivity contribution in [3.63, 3.8) is 0 Å². The Morgan fingerprint density at radius 2 is 2.05 bits per heavy atom. The molecule has 1 aliphatic rings. The predicted octanol–water partition coefficient (Wildman–Crippen LogP) is 2.43. The van der Waals surface area contributed by atoms with Gasteiger partial charge in [-0.2, -0.15) is 0 Å². The zero-order chi connectivity index (χ0) is 13.3. The second-order valence-corrected chi connectivity index (χ2v) is 4.92. The molecule has 2 rings (SSSR count). The van der Waals surface area contributed by atoms with Crippen molar-refractivity contribution in [3.05, 3.63) is 42.5 Å². The molecule has 1 atom stereocenters. The van der Waals surface area contributed by atoms with Gasteiger partial charge in [0.25, 0.3) is 0 Å². The van der Waals surface area contributed by atoms with Gasteiger partial charge in [0, 0.05) is 19.1 Å². The maximum absolute atomic E-state index is 5.78. The van der Waals surface area contributed by atoms with Crippen LogP contribution < -0.4 is 10.5 Å². The third kappa shape index (κ3) is 4.69. The van der Waals surface area contributed by atoms with E-state index in [-0.39, 0.29) is 0 Å². The minimum absolute atomic E-state index is 0.434. The number of ether oxygens (including phenoxy) is 1. The first-order valence-corrected chi connectivity index (χ1v) is 7.19. The molecule has 0 fully saturated rings. The molecule has 1 aromatic carbocycles. The molecular formula is C16H24N2O. The van der Waals surface area contributed by atoms with E-state index in [0.717, 1.165) is 51.3 Å². The lowest BCUT2D eigenvalue weighted by molar-refractivity contribution is 0.213. The second kappa shape index (κ2) is 7.97. The summed E-state index contributed by atoms with van der Waals surface area (Å²) in [6.07, 6.45) is 7.89. The Labute approximate surface area is 116 Å². The van der Waals surface area contributed by atoms with Crippen LogP contribution in [0.2, 0.25) is 0 Å². The van der Waals surface area contributed by atoms with E-state index in [4.69, 9.17) is 10.5 Å². The van der Waals surface area contributed by atoms with E-state index in [0.29, 0.717) is 6.04 Å². The summed E-state index contributed by atoms with van der Waals surface area (Å²) in [4.78, 5) is 2.47. The van der Waals surface area contributed by atoms with Crippen LogP contribution in [0.3, 0.4) is 0 Å². The van der Waals surface area contributed by atoms with Crippen molar-refractivity contribution < 1.29 is 4.74 Å². The number of nitrogens with two attached hydrogens (primary N) is 1. The molecule has 0 bridgehead atoms. The number of hydrogen-bond donors (Lipinski definition) is 1. The van der Waals surface area contributed by atoms with Crippen molar-refractivity contribution in [2.24, 2.45) is 5.73 Å². The fourth-order valence-electron chi connectivity index (χ4n) is 2.41. The summed E-state index contributed by atoms with van der Waals surface area (Å²) in [5.74, 6) is 0.961. The van der Waals surface area contributed by atoms with Gasteiger partial charge in [-0.1, -0.05) is 30.4 Å². The van der Waals surface area contributed by atoms with Crippen LogP contribution >= 0.6 is 0 Å². The molecule has 19 heavy (non-hydrogen) atoms. The molecule has 0 spiro atoms. The van der Waals surface area contributed by atoms with E-state index in [9.17, 15) is 0 Å². The molecule has 1 aromatic rings. The number of para-hydroxylation sites is 1. The molecule has 0 aromatic heterocycles. The average molecular weight is 260 g/mol. The van der Waals surface area contributed by atoms with Gasteiger partial charge >= 0.3 is 0 Å². The van der Waals surface area contributed by atoms with Gasteiger partial charge in [-0.25, -0.2) is 0 Å². The Morgan fingerprint density at radius 3 is 2.84 bits per heavy atom. The van der Waals surface area contributed by atoms with Gasteiger partial charge in [-0.05, 0) is 37.9 Å². The van der Waals surface area contributed by atoms with Crippen LogP contribution in [0, 0.1) is 0 Å². The molecule has 0 radical (unpaired) electrons. The Balaban J connectivity index is 1.60. The van der Waals surface area contributed by atoms with E-state index in [2.05, 4.69) is 17.1 Å². The van der Waals surface area contributed by atoms with Crippen molar-refractivity contribution in [3.8, 4) is 5.75 Å². The highest BCUT2D eigenvalue weighted by molar-refractivity contribution is 5.20. The third-order valence-corrected chi connectivity index (χ3v) is 3.50. The molecule has 0 saturated carbocycles. The first-order valence-electron chi connectivity index (χ1n) is 7.19. The van der Waals surface area contributed by atoms with E-state index in [1.807, 2.05) is 30.3 Å². The number of nitrogens with zero attached hydrogens (tertiary/aromatic N) is 1. The minimum Gasteiger partial charge on any atom is -0.494 e. The highest BCUT2D eigenvalue weighted by atomic mass is 16.5. The van der Waals surface area contributed by atoms with Gasteiger partial charge in [0.05, 0.1) is 6.61 Å². The van der Waals surface area contributed by atoms with Crippen molar-refractivity contribution in [1.29, 1.82) is 0 Å². The van der Waals surface area contributed by atoms with E-state index in [1.54, 1.807) is 0 Å². The summed E-state index contributed by atoms with van der Waals surface area (Å²) in [5, 5.41) is 0. The molecule has 0 aliphatic carbocycles. The molecular weight excluding hydrogens is 236 g/mol. The normalized spacial score (nSPS) is 19.5. The van der Waals surface area contributed by atoms with Crippen molar-refractivity contribution in [1.82, 2.24) is 4.90 Å². The Morgan fingerprint density at radius 1 is 1.21 bits per heavy atom. The zero-order valence-electron chi connectivity index (χ0n) is 11.5. The van der Waals surface area contributed by atoms with Crippen LogP contribution in [0.25, 0.3) is 0 Å². The molecule has 1 aliphatic heterocycles. The molecule has 1 heterocycles. The quantitative estimate of drug-likeness (QED) is 0.604. The van der Waals surface area contributed by atoms with Crippen LogP contribution in [0.15, 0.2) is 42.5 Å². The summed E-state index contributed by atoms with van der Waals surface area (Å²) < 4.78 is 5.69. The molecule has 2 N–H and O–H groups in total. The number of hydrogen-bond acceptors (Lipinski definition) is 3. The number of benzene rings is 1. The lowest BCUT2D eigenvalue weighted by atomic mass is 10.1. The monoisotopic (exact) mass is 260 g/mol. The lowest BCUT2D eigenvalue weighted by Gasteiger charge is -2.31. The number of rotatable bonds is 7. The van der Waals surface area contributed by atoms with Crippen molar-refractivity contribution in [2.75, 3.05) is 26.2 Å².